The number of nitro benzene ring substituents is 1. The summed E-state index contributed by atoms with van der Waals surface area (Å²) < 4.78 is 41.8. The lowest BCUT2D eigenvalue weighted by atomic mass is 10.1. The molecule has 0 aliphatic carbocycles. The fourth-order valence-corrected chi connectivity index (χ4v) is 4.30. The van der Waals surface area contributed by atoms with Crippen LogP contribution in [0.15, 0.2) is 30.3 Å². The molecular formula is C22H23F3N4O3. The highest BCUT2D eigenvalue weighted by Crippen LogP contribution is 2.36. The van der Waals surface area contributed by atoms with Gasteiger partial charge in [-0.3, -0.25) is 14.9 Å². The van der Waals surface area contributed by atoms with Gasteiger partial charge in [0.25, 0.3) is 11.6 Å². The van der Waals surface area contributed by atoms with Gasteiger partial charge >= 0.3 is 0 Å². The number of rotatable bonds is 4. The van der Waals surface area contributed by atoms with E-state index in [4.69, 9.17) is 0 Å². The number of nitro groups is 1. The van der Waals surface area contributed by atoms with E-state index >= 15 is 0 Å². The van der Waals surface area contributed by atoms with Crippen LogP contribution in [0.1, 0.15) is 29.6 Å². The highest BCUT2D eigenvalue weighted by molar-refractivity contribution is 5.94. The zero-order chi connectivity index (χ0) is 22.8. The Morgan fingerprint density at radius 1 is 0.812 bits per heavy atom. The van der Waals surface area contributed by atoms with Crippen LogP contribution in [0.5, 0.6) is 0 Å². The van der Waals surface area contributed by atoms with E-state index in [1.54, 1.807) is 4.90 Å². The summed E-state index contributed by atoms with van der Waals surface area (Å²) in [5.74, 6) is -2.89. The molecule has 2 aliphatic rings. The number of hydrogen-bond donors (Lipinski definition) is 0. The average molecular weight is 448 g/mol. The van der Waals surface area contributed by atoms with Gasteiger partial charge in [-0.05, 0) is 37.5 Å². The van der Waals surface area contributed by atoms with Gasteiger partial charge in [-0.15, -0.1) is 0 Å². The maximum Gasteiger partial charge on any atom is 0.295 e. The van der Waals surface area contributed by atoms with Gasteiger partial charge in [0.15, 0.2) is 5.82 Å². The molecule has 0 spiro atoms. The van der Waals surface area contributed by atoms with Gasteiger partial charge in [0.2, 0.25) is 0 Å². The van der Waals surface area contributed by atoms with Gasteiger partial charge in [0.05, 0.1) is 22.2 Å². The SMILES string of the molecule is O=C(c1ccc(F)cc1F)N1CCN(c2cc(N3CCCCC3)c(F)cc2[N+](=O)[O-])CC1. The highest BCUT2D eigenvalue weighted by atomic mass is 19.1. The topological polar surface area (TPSA) is 69.9 Å². The van der Waals surface area contributed by atoms with Gasteiger partial charge in [-0.1, -0.05) is 0 Å². The number of carbonyl (C=O) groups is 1. The molecule has 2 aromatic carbocycles. The van der Waals surface area contributed by atoms with Crippen LogP contribution >= 0.6 is 0 Å². The number of nitrogens with zero attached hydrogens (tertiary/aromatic N) is 4. The number of amides is 1. The first-order valence-corrected chi connectivity index (χ1v) is 10.6. The Hall–Kier alpha value is -3.30. The van der Waals surface area contributed by atoms with Gasteiger partial charge in [-0.2, -0.15) is 0 Å². The van der Waals surface area contributed by atoms with Crippen molar-refractivity contribution in [1.29, 1.82) is 0 Å². The molecule has 170 valence electrons. The van der Waals surface area contributed by atoms with Crippen LogP contribution in [0.2, 0.25) is 0 Å². The molecule has 32 heavy (non-hydrogen) atoms. The van der Waals surface area contributed by atoms with E-state index in [2.05, 4.69) is 0 Å². The van der Waals surface area contributed by atoms with Crippen LogP contribution in [0, 0.1) is 27.6 Å². The lowest BCUT2D eigenvalue weighted by molar-refractivity contribution is -0.384. The predicted octanol–water partition coefficient (Wildman–Crippen LogP) is 3.96. The quantitative estimate of drug-likeness (QED) is 0.523. The molecule has 1 amide bonds. The normalized spacial score (nSPS) is 16.9. The number of hydrogen-bond acceptors (Lipinski definition) is 5. The monoisotopic (exact) mass is 448 g/mol. The maximum atomic E-state index is 14.7. The van der Waals surface area contributed by atoms with Gasteiger partial charge in [0, 0.05) is 45.3 Å². The largest absolute Gasteiger partial charge is 0.369 e. The van der Waals surface area contributed by atoms with Crippen molar-refractivity contribution in [3.05, 3.63) is 63.5 Å². The number of anilines is 2. The van der Waals surface area contributed by atoms with Crippen LogP contribution in [0.25, 0.3) is 0 Å². The van der Waals surface area contributed by atoms with E-state index in [0.717, 1.165) is 37.5 Å². The lowest BCUT2D eigenvalue weighted by Crippen LogP contribution is -2.49. The van der Waals surface area contributed by atoms with Crippen LogP contribution < -0.4 is 9.80 Å². The van der Waals surface area contributed by atoms with Crippen LogP contribution in [0.3, 0.4) is 0 Å². The average Bonchev–Trinajstić information content (AvgIpc) is 2.79. The van der Waals surface area contributed by atoms with Gasteiger partial charge in [-0.25, -0.2) is 13.2 Å². The number of halogens is 3. The molecule has 2 fully saturated rings. The van der Waals surface area contributed by atoms with Crippen molar-refractivity contribution < 1.29 is 22.9 Å². The molecule has 2 aromatic rings. The molecule has 0 bridgehead atoms. The number of carbonyl (C=O) groups excluding carboxylic acids is 1. The molecule has 0 aromatic heterocycles. The van der Waals surface area contributed by atoms with Gasteiger partial charge in [0.1, 0.15) is 17.3 Å². The Morgan fingerprint density at radius 3 is 2.09 bits per heavy atom. The fourth-order valence-electron chi connectivity index (χ4n) is 4.30. The van der Waals surface area contributed by atoms with E-state index in [9.17, 15) is 28.1 Å². The van der Waals surface area contributed by atoms with Gasteiger partial charge < -0.3 is 14.7 Å². The molecule has 4 rings (SSSR count). The smallest absolute Gasteiger partial charge is 0.295 e. The molecule has 0 atom stereocenters. The Balaban J connectivity index is 1.54. The molecule has 2 heterocycles. The van der Waals surface area contributed by atoms with Crippen molar-refractivity contribution in [3.8, 4) is 0 Å². The lowest BCUT2D eigenvalue weighted by Gasteiger charge is -2.36. The van der Waals surface area contributed by atoms with E-state index in [1.807, 2.05) is 4.90 Å². The Kier molecular flexibility index (Phi) is 6.20. The molecule has 2 aliphatic heterocycles. The van der Waals surface area contributed by atoms with E-state index in [-0.39, 0.29) is 37.4 Å². The second kappa shape index (κ2) is 9.05. The van der Waals surface area contributed by atoms with Crippen molar-refractivity contribution in [3.63, 3.8) is 0 Å². The second-order valence-corrected chi connectivity index (χ2v) is 8.00. The first kappa shape index (κ1) is 21.9. The Labute approximate surface area is 183 Å². The molecule has 0 N–H and O–H groups in total. The first-order chi connectivity index (χ1) is 15.3. The standard InChI is InChI=1S/C22H23F3N4O3/c23-15-4-5-16(17(24)12-15)22(30)28-10-8-27(9-11-28)20-14-19(26-6-2-1-3-7-26)18(25)13-21(20)29(31)32/h4-5,12-14H,1-3,6-11H2. The molecular weight excluding hydrogens is 425 g/mol. The van der Waals surface area contributed by atoms with Crippen LogP contribution in [-0.2, 0) is 0 Å². The van der Waals surface area contributed by atoms with E-state index < -0.39 is 28.3 Å². The van der Waals surface area contributed by atoms with Crippen molar-refractivity contribution in [2.75, 3.05) is 49.1 Å². The highest BCUT2D eigenvalue weighted by Gasteiger charge is 2.30. The second-order valence-electron chi connectivity index (χ2n) is 8.00. The zero-order valence-electron chi connectivity index (χ0n) is 17.4. The minimum atomic E-state index is -0.933. The van der Waals surface area contributed by atoms with Crippen LogP contribution in [0.4, 0.5) is 30.2 Å². The van der Waals surface area contributed by atoms with E-state index in [1.165, 1.54) is 11.0 Å². The summed E-state index contributed by atoms with van der Waals surface area (Å²) in [5, 5.41) is 11.6. The summed E-state index contributed by atoms with van der Waals surface area (Å²) in [5.41, 5.74) is 0.0989. The first-order valence-electron chi connectivity index (χ1n) is 10.6. The van der Waals surface area contributed by atoms with Crippen molar-refractivity contribution in [2.24, 2.45) is 0 Å². The summed E-state index contributed by atoms with van der Waals surface area (Å²) in [6.45, 7) is 2.31. The molecule has 0 radical (unpaired) electrons. The molecule has 10 heteroatoms. The summed E-state index contributed by atoms with van der Waals surface area (Å²) in [7, 11) is 0. The van der Waals surface area contributed by atoms with Crippen molar-refractivity contribution >= 4 is 23.0 Å². The third-order valence-corrected chi connectivity index (χ3v) is 6.01. The maximum absolute atomic E-state index is 14.7. The molecule has 2 saturated heterocycles. The summed E-state index contributed by atoms with van der Waals surface area (Å²) >= 11 is 0. The van der Waals surface area contributed by atoms with Crippen molar-refractivity contribution in [2.45, 2.75) is 19.3 Å². The predicted molar refractivity (Wildman–Crippen MR) is 114 cm³/mol. The fraction of sp³-hybridized carbons (Fsp3) is 0.409. The van der Waals surface area contributed by atoms with Crippen molar-refractivity contribution in [1.82, 2.24) is 4.90 Å². The minimum absolute atomic E-state index is 0.198. The van der Waals surface area contributed by atoms with E-state index in [0.29, 0.717) is 30.5 Å². The Morgan fingerprint density at radius 2 is 1.47 bits per heavy atom. The summed E-state index contributed by atoms with van der Waals surface area (Å²) in [6, 6.07) is 5.28. The molecule has 0 saturated carbocycles. The third kappa shape index (κ3) is 4.35. The number of piperidine rings is 1. The number of benzene rings is 2. The molecule has 0 unspecified atom stereocenters. The van der Waals surface area contributed by atoms with Crippen LogP contribution in [-0.4, -0.2) is 55.0 Å². The zero-order valence-corrected chi connectivity index (χ0v) is 17.4. The minimum Gasteiger partial charge on any atom is -0.369 e. The number of piperazine rings is 1. The summed E-state index contributed by atoms with van der Waals surface area (Å²) in [6.07, 6.45) is 2.95. The molecule has 7 nitrogen and oxygen atoms in total. The summed E-state index contributed by atoms with van der Waals surface area (Å²) in [4.78, 5) is 28.7. The third-order valence-electron chi connectivity index (χ3n) is 6.01. The Bertz CT molecular complexity index is 1040.